The van der Waals surface area contributed by atoms with Gasteiger partial charge in [-0.2, -0.15) is 10.2 Å². The van der Waals surface area contributed by atoms with Crippen molar-refractivity contribution in [3.05, 3.63) is 33.8 Å². The molecule has 0 aliphatic carbocycles. The highest BCUT2D eigenvalue weighted by atomic mass is 35.5. The van der Waals surface area contributed by atoms with Crippen molar-refractivity contribution in [2.45, 2.75) is 12.8 Å². The fraction of sp³-hybridized carbons (Fsp3) is 0.200. The van der Waals surface area contributed by atoms with Crippen LogP contribution >= 0.6 is 23.2 Å². The van der Waals surface area contributed by atoms with Gasteiger partial charge in [0.15, 0.2) is 0 Å². The Morgan fingerprint density at radius 3 is 2.64 bits per heavy atom. The van der Waals surface area contributed by atoms with Crippen LogP contribution in [0.15, 0.2) is 28.4 Å². The lowest BCUT2D eigenvalue weighted by Crippen LogP contribution is -2.03. The van der Waals surface area contributed by atoms with E-state index in [4.69, 9.17) is 23.2 Å². The molecule has 1 aromatic carbocycles. The van der Waals surface area contributed by atoms with Gasteiger partial charge in [0.2, 0.25) is 0 Å². The van der Waals surface area contributed by atoms with Crippen LogP contribution in [-0.2, 0) is 0 Å². The van der Waals surface area contributed by atoms with Crippen LogP contribution < -0.4 is 0 Å². The molecule has 1 heterocycles. The van der Waals surface area contributed by atoms with Gasteiger partial charge < -0.3 is 0 Å². The third kappa shape index (κ3) is 1.97. The Labute approximate surface area is 92.3 Å². The lowest BCUT2D eigenvalue weighted by molar-refractivity contribution is 1.06. The van der Waals surface area contributed by atoms with Gasteiger partial charge in [-0.05, 0) is 30.5 Å². The topological polar surface area (TPSA) is 24.7 Å². The van der Waals surface area contributed by atoms with Crippen molar-refractivity contribution >= 4 is 35.1 Å². The predicted molar refractivity (Wildman–Crippen MR) is 60.7 cm³/mol. The summed E-state index contributed by atoms with van der Waals surface area (Å²) < 4.78 is 0. The van der Waals surface area contributed by atoms with E-state index in [1.807, 2.05) is 12.1 Å². The summed E-state index contributed by atoms with van der Waals surface area (Å²) in [6.07, 6.45) is 3.64. The van der Waals surface area contributed by atoms with E-state index in [1.54, 1.807) is 12.3 Å². The monoisotopic (exact) mass is 226 g/mol. The summed E-state index contributed by atoms with van der Waals surface area (Å²) in [4.78, 5) is 0. The molecular formula is C10H8Cl2N2. The average molecular weight is 227 g/mol. The van der Waals surface area contributed by atoms with Gasteiger partial charge in [0.25, 0.3) is 0 Å². The third-order valence-corrected chi connectivity index (χ3v) is 2.76. The Bertz CT molecular complexity index is 411. The fourth-order valence-corrected chi connectivity index (χ4v) is 1.60. The minimum Gasteiger partial charge on any atom is -0.163 e. The Kier molecular flexibility index (Phi) is 2.85. The number of hydrogen-bond acceptors (Lipinski definition) is 2. The van der Waals surface area contributed by atoms with Crippen LogP contribution in [0.4, 0.5) is 0 Å². The largest absolute Gasteiger partial charge is 0.163 e. The highest BCUT2D eigenvalue weighted by Gasteiger charge is 2.07. The van der Waals surface area contributed by atoms with Crippen LogP contribution in [0.1, 0.15) is 18.4 Å². The van der Waals surface area contributed by atoms with Crippen molar-refractivity contribution in [1.29, 1.82) is 0 Å². The number of hydrogen-bond donors (Lipinski definition) is 0. The predicted octanol–water partition coefficient (Wildman–Crippen LogP) is 3.56. The lowest BCUT2D eigenvalue weighted by Gasteiger charge is -2.07. The molecule has 0 saturated carbocycles. The SMILES string of the molecule is Clc1ccc(C2=NN=CCC2)cc1Cl. The molecule has 72 valence electrons. The summed E-state index contributed by atoms with van der Waals surface area (Å²) in [5.74, 6) is 0. The van der Waals surface area contributed by atoms with E-state index in [1.165, 1.54) is 0 Å². The number of halogens is 2. The van der Waals surface area contributed by atoms with Crippen LogP contribution in [0.3, 0.4) is 0 Å². The van der Waals surface area contributed by atoms with Crippen molar-refractivity contribution < 1.29 is 0 Å². The molecule has 14 heavy (non-hydrogen) atoms. The zero-order chi connectivity index (χ0) is 9.97. The Morgan fingerprint density at radius 2 is 2.00 bits per heavy atom. The van der Waals surface area contributed by atoms with Gasteiger partial charge in [-0.1, -0.05) is 29.3 Å². The van der Waals surface area contributed by atoms with Gasteiger partial charge in [0.05, 0.1) is 15.8 Å². The van der Waals surface area contributed by atoms with Crippen LogP contribution in [0, 0.1) is 0 Å². The van der Waals surface area contributed by atoms with E-state index >= 15 is 0 Å². The van der Waals surface area contributed by atoms with Crippen molar-refractivity contribution in [2.75, 3.05) is 0 Å². The van der Waals surface area contributed by atoms with Crippen molar-refractivity contribution in [2.24, 2.45) is 10.2 Å². The summed E-state index contributed by atoms with van der Waals surface area (Å²) in [5.41, 5.74) is 1.96. The van der Waals surface area contributed by atoms with Gasteiger partial charge in [-0.25, -0.2) is 0 Å². The second-order valence-corrected chi connectivity index (χ2v) is 3.83. The molecule has 1 aliphatic heterocycles. The Morgan fingerprint density at radius 1 is 1.14 bits per heavy atom. The third-order valence-electron chi connectivity index (χ3n) is 2.02. The first-order valence-electron chi connectivity index (χ1n) is 4.31. The molecule has 0 saturated heterocycles. The van der Waals surface area contributed by atoms with Gasteiger partial charge >= 0.3 is 0 Å². The molecule has 0 amide bonds. The quantitative estimate of drug-likeness (QED) is 0.700. The number of rotatable bonds is 1. The van der Waals surface area contributed by atoms with Gasteiger partial charge in [0.1, 0.15) is 0 Å². The van der Waals surface area contributed by atoms with Crippen molar-refractivity contribution in [3.8, 4) is 0 Å². The average Bonchev–Trinajstić information content (AvgIpc) is 2.23. The first kappa shape index (κ1) is 9.69. The van der Waals surface area contributed by atoms with Gasteiger partial charge in [-0.15, -0.1) is 0 Å². The summed E-state index contributed by atoms with van der Waals surface area (Å²) in [7, 11) is 0. The van der Waals surface area contributed by atoms with Crippen LogP contribution in [0.5, 0.6) is 0 Å². The molecular weight excluding hydrogens is 219 g/mol. The molecule has 0 N–H and O–H groups in total. The number of benzene rings is 1. The fourth-order valence-electron chi connectivity index (χ4n) is 1.30. The van der Waals surface area contributed by atoms with E-state index in [9.17, 15) is 0 Å². The molecule has 0 aromatic heterocycles. The van der Waals surface area contributed by atoms with Gasteiger partial charge in [0, 0.05) is 6.21 Å². The molecule has 0 unspecified atom stereocenters. The zero-order valence-electron chi connectivity index (χ0n) is 7.37. The summed E-state index contributed by atoms with van der Waals surface area (Å²) >= 11 is 11.7. The van der Waals surface area contributed by atoms with E-state index in [2.05, 4.69) is 10.2 Å². The maximum absolute atomic E-state index is 5.91. The number of nitrogens with zero attached hydrogens (tertiary/aromatic N) is 2. The van der Waals surface area contributed by atoms with E-state index in [0.29, 0.717) is 10.0 Å². The molecule has 2 nitrogen and oxygen atoms in total. The Balaban J connectivity index is 2.37. The lowest BCUT2D eigenvalue weighted by atomic mass is 10.1. The highest BCUT2D eigenvalue weighted by Crippen LogP contribution is 2.24. The summed E-state index contributed by atoms with van der Waals surface area (Å²) in [6.45, 7) is 0. The smallest absolute Gasteiger partial charge is 0.0706 e. The molecule has 1 aromatic rings. The normalized spacial score (nSPS) is 15.4. The van der Waals surface area contributed by atoms with E-state index < -0.39 is 0 Å². The molecule has 0 spiro atoms. The molecule has 4 heteroatoms. The van der Waals surface area contributed by atoms with E-state index in [-0.39, 0.29) is 0 Å². The van der Waals surface area contributed by atoms with Gasteiger partial charge in [-0.3, -0.25) is 0 Å². The standard InChI is InChI=1S/C10H8Cl2N2/c11-8-4-3-7(6-9(8)12)10-2-1-5-13-14-10/h3-6H,1-2H2. The first-order valence-corrected chi connectivity index (χ1v) is 5.07. The molecule has 1 aliphatic rings. The van der Waals surface area contributed by atoms with Crippen molar-refractivity contribution in [1.82, 2.24) is 0 Å². The van der Waals surface area contributed by atoms with Crippen molar-refractivity contribution in [3.63, 3.8) is 0 Å². The second kappa shape index (κ2) is 4.11. The maximum Gasteiger partial charge on any atom is 0.0706 e. The molecule has 2 rings (SSSR count). The van der Waals surface area contributed by atoms with Crippen LogP contribution in [0.2, 0.25) is 10.0 Å². The minimum absolute atomic E-state index is 0.557. The first-order chi connectivity index (χ1) is 6.77. The Hall–Kier alpha value is -0.860. The van der Waals surface area contributed by atoms with Crippen LogP contribution in [0.25, 0.3) is 0 Å². The highest BCUT2D eigenvalue weighted by molar-refractivity contribution is 6.42. The molecule has 0 atom stereocenters. The zero-order valence-corrected chi connectivity index (χ0v) is 8.89. The second-order valence-electron chi connectivity index (χ2n) is 3.01. The molecule has 0 fully saturated rings. The molecule has 0 radical (unpaired) electrons. The molecule has 0 bridgehead atoms. The van der Waals surface area contributed by atoms with Crippen LogP contribution in [-0.4, -0.2) is 11.9 Å². The summed E-state index contributed by atoms with van der Waals surface area (Å²) in [6, 6.07) is 5.51. The minimum atomic E-state index is 0.557. The van der Waals surface area contributed by atoms with E-state index in [0.717, 1.165) is 24.1 Å². The summed E-state index contributed by atoms with van der Waals surface area (Å²) in [5, 5.41) is 9.05. The maximum atomic E-state index is 5.91.